The molecule has 4 nitrogen and oxygen atoms in total. The molecule has 0 saturated heterocycles. The third-order valence-corrected chi connectivity index (χ3v) is 2.51. The second-order valence-electron chi connectivity index (χ2n) is 3.64. The zero-order valence-corrected chi connectivity index (χ0v) is 9.61. The van der Waals surface area contributed by atoms with E-state index in [-0.39, 0.29) is 18.0 Å². The number of hydrogen-bond donors (Lipinski definition) is 2. The molecule has 0 bridgehead atoms. The number of aromatic nitrogens is 1. The molecule has 1 aromatic rings. The lowest BCUT2D eigenvalue weighted by molar-refractivity contribution is 0.0604. The lowest BCUT2D eigenvalue weighted by Crippen LogP contribution is -2.37. The summed E-state index contributed by atoms with van der Waals surface area (Å²) in [6.07, 6.45) is 4.49. The minimum Gasteiger partial charge on any atom is -0.379 e. The summed E-state index contributed by atoms with van der Waals surface area (Å²) in [5.74, 6) is 5.11. The van der Waals surface area contributed by atoms with Crippen molar-refractivity contribution < 1.29 is 9.13 Å². The summed E-state index contributed by atoms with van der Waals surface area (Å²) in [7, 11) is 1.62. The van der Waals surface area contributed by atoms with E-state index in [1.165, 1.54) is 12.3 Å². The summed E-state index contributed by atoms with van der Waals surface area (Å²) in [6.45, 7) is 2.06. The summed E-state index contributed by atoms with van der Waals surface area (Å²) in [5.41, 5.74) is 3.35. The first-order chi connectivity index (χ1) is 7.72. The Morgan fingerprint density at radius 1 is 1.56 bits per heavy atom. The lowest BCUT2D eigenvalue weighted by atomic mass is 10.0. The minimum absolute atomic E-state index is 0.0846. The van der Waals surface area contributed by atoms with Crippen molar-refractivity contribution in [1.82, 2.24) is 10.4 Å². The van der Waals surface area contributed by atoms with E-state index in [9.17, 15) is 4.39 Å². The van der Waals surface area contributed by atoms with Gasteiger partial charge in [-0.2, -0.15) is 0 Å². The van der Waals surface area contributed by atoms with Gasteiger partial charge in [0, 0.05) is 13.3 Å². The van der Waals surface area contributed by atoms with Gasteiger partial charge in [0.05, 0.1) is 18.3 Å². The average molecular weight is 227 g/mol. The van der Waals surface area contributed by atoms with Crippen LogP contribution in [0.1, 0.15) is 31.4 Å². The molecular weight excluding hydrogens is 209 g/mol. The molecule has 2 unspecified atom stereocenters. The van der Waals surface area contributed by atoms with Gasteiger partial charge in [0.15, 0.2) is 0 Å². The van der Waals surface area contributed by atoms with Crippen molar-refractivity contribution in [1.29, 1.82) is 0 Å². The summed E-state index contributed by atoms with van der Waals surface area (Å²) in [4.78, 5) is 3.80. The predicted molar refractivity (Wildman–Crippen MR) is 60.0 cm³/mol. The molecule has 0 saturated carbocycles. The molecule has 0 spiro atoms. The van der Waals surface area contributed by atoms with Crippen molar-refractivity contribution in [2.75, 3.05) is 7.11 Å². The third kappa shape index (κ3) is 3.23. The highest BCUT2D eigenvalue weighted by atomic mass is 19.1. The number of hydrogen-bond acceptors (Lipinski definition) is 4. The lowest BCUT2D eigenvalue weighted by Gasteiger charge is -2.25. The van der Waals surface area contributed by atoms with Gasteiger partial charge >= 0.3 is 0 Å². The van der Waals surface area contributed by atoms with Crippen LogP contribution in [0.4, 0.5) is 4.39 Å². The number of halogens is 1. The number of methoxy groups -OCH3 is 1. The first kappa shape index (κ1) is 13.0. The molecule has 0 aliphatic carbocycles. The van der Waals surface area contributed by atoms with Crippen LogP contribution in [-0.4, -0.2) is 18.2 Å². The Morgan fingerprint density at radius 2 is 2.31 bits per heavy atom. The van der Waals surface area contributed by atoms with E-state index >= 15 is 0 Å². The van der Waals surface area contributed by atoms with E-state index in [1.54, 1.807) is 13.3 Å². The molecule has 3 N–H and O–H groups in total. The molecule has 0 fully saturated rings. The zero-order valence-electron chi connectivity index (χ0n) is 9.61. The normalized spacial score (nSPS) is 14.8. The predicted octanol–water partition coefficient (Wildman–Crippen LogP) is 1.54. The quantitative estimate of drug-likeness (QED) is 0.571. The smallest absolute Gasteiger partial charge is 0.141 e. The number of rotatable bonds is 6. The number of nitrogens with zero attached hydrogens (tertiary/aromatic N) is 1. The monoisotopic (exact) mass is 227 g/mol. The Kier molecular flexibility index (Phi) is 5.31. The molecular formula is C11H18FN3O. The van der Waals surface area contributed by atoms with Gasteiger partial charge in [-0.1, -0.05) is 13.3 Å². The van der Waals surface area contributed by atoms with Crippen LogP contribution >= 0.6 is 0 Å². The second kappa shape index (κ2) is 6.52. The van der Waals surface area contributed by atoms with Gasteiger partial charge in [0.1, 0.15) is 5.82 Å². The Bertz CT molecular complexity index is 322. The summed E-state index contributed by atoms with van der Waals surface area (Å²) < 4.78 is 18.4. The standard InChI is InChI=1S/C11H18FN3O/c1-3-4-10(16-2)11(15-13)8-5-9(12)7-14-6-8/h5-7,10-11,15H,3-4,13H2,1-2H3. The molecule has 5 heteroatoms. The van der Waals surface area contributed by atoms with Crippen LogP contribution < -0.4 is 11.3 Å². The minimum atomic E-state index is -0.371. The van der Waals surface area contributed by atoms with E-state index < -0.39 is 0 Å². The van der Waals surface area contributed by atoms with Gasteiger partial charge in [0.25, 0.3) is 0 Å². The summed E-state index contributed by atoms with van der Waals surface area (Å²) in [5, 5.41) is 0. The number of nitrogens with one attached hydrogen (secondary N) is 1. The SMILES string of the molecule is CCCC(OC)C(NN)c1cncc(F)c1. The number of hydrazine groups is 1. The Morgan fingerprint density at radius 3 is 2.81 bits per heavy atom. The average Bonchev–Trinajstić information content (AvgIpc) is 2.29. The topological polar surface area (TPSA) is 60.2 Å². The maximum atomic E-state index is 13.0. The van der Waals surface area contributed by atoms with Crippen LogP contribution in [0.5, 0.6) is 0 Å². The van der Waals surface area contributed by atoms with Crippen LogP contribution in [0.3, 0.4) is 0 Å². The van der Waals surface area contributed by atoms with Crippen LogP contribution in [0.2, 0.25) is 0 Å². The molecule has 1 heterocycles. The van der Waals surface area contributed by atoms with Crippen LogP contribution in [-0.2, 0) is 4.74 Å². The molecule has 1 aromatic heterocycles. The highest BCUT2D eigenvalue weighted by Crippen LogP contribution is 2.21. The van der Waals surface area contributed by atoms with Crippen molar-refractivity contribution in [2.45, 2.75) is 31.9 Å². The zero-order chi connectivity index (χ0) is 12.0. The van der Waals surface area contributed by atoms with Gasteiger partial charge in [0.2, 0.25) is 0 Å². The maximum absolute atomic E-state index is 13.0. The molecule has 0 aliphatic heterocycles. The molecule has 0 aliphatic rings. The Balaban J connectivity index is 2.87. The second-order valence-corrected chi connectivity index (χ2v) is 3.64. The van der Waals surface area contributed by atoms with E-state index in [1.807, 2.05) is 0 Å². The van der Waals surface area contributed by atoms with Gasteiger partial charge in [-0.25, -0.2) is 4.39 Å². The highest BCUT2D eigenvalue weighted by Gasteiger charge is 2.21. The van der Waals surface area contributed by atoms with Gasteiger partial charge < -0.3 is 4.74 Å². The van der Waals surface area contributed by atoms with Crippen LogP contribution in [0.15, 0.2) is 18.5 Å². The molecule has 2 atom stereocenters. The number of pyridine rings is 1. The maximum Gasteiger partial charge on any atom is 0.141 e. The molecule has 0 amide bonds. The molecule has 1 rings (SSSR count). The summed E-state index contributed by atoms with van der Waals surface area (Å²) >= 11 is 0. The Hall–Kier alpha value is -1.04. The fourth-order valence-corrected chi connectivity index (χ4v) is 1.72. The van der Waals surface area contributed by atoms with Crippen LogP contribution in [0, 0.1) is 5.82 Å². The van der Waals surface area contributed by atoms with Gasteiger partial charge in [-0.3, -0.25) is 16.3 Å². The third-order valence-electron chi connectivity index (χ3n) is 2.51. The molecule has 16 heavy (non-hydrogen) atoms. The number of ether oxygens (including phenoxy) is 1. The van der Waals surface area contributed by atoms with E-state index in [4.69, 9.17) is 10.6 Å². The number of nitrogens with two attached hydrogens (primary N) is 1. The van der Waals surface area contributed by atoms with Crippen molar-refractivity contribution in [3.8, 4) is 0 Å². The largest absolute Gasteiger partial charge is 0.379 e. The first-order valence-corrected chi connectivity index (χ1v) is 5.32. The van der Waals surface area contributed by atoms with Gasteiger partial charge in [-0.05, 0) is 18.1 Å². The molecule has 0 radical (unpaired) electrons. The van der Waals surface area contributed by atoms with Crippen molar-refractivity contribution in [3.05, 3.63) is 29.8 Å². The van der Waals surface area contributed by atoms with Crippen LogP contribution in [0.25, 0.3) is 0 Å². The first-order valence-electron chi connectivity index (χ1n) is 5.32. The Labute approximate surface area is 95.0 Å². The molecule has 0 aromatic carbocycles. The van der Waals surface area contributed by atoms with E-state index in [0.717, 1.165) is 12.8 Å². The molecule has 90 valence electrons. The fraction of sp³-hybridized carbons (Fsp3) is 0.545. The highest BCUT2D eigenvalue weighted by molar-refractivity contribution is 5.16. The van der Waals surface area contributed by atoms with Crippen molar-refractivity contribution in [3.63, 3.8) is 0 Å². The summed E-state index contributed by atoms with van der Waals surface area (Å²) in [6, 6.07) is 1.17. The van der Waals surface area contributed by atoms with E-state index in [2.05, 4.69) is 17.3 Å². The fourth-order valence-electron chi connectivity index (χ4n) is 1.72. The van der Waals surface area contributed by atoms with Crippen molar-refractivity contribution in [2.24, 2.45) is 5.84 Å². The van der Waals surface area contributed by atoms with E-state index in [0.29, 0.717) is 5.56 Å². The van der Waals surface area contributed by atoms with Crippen molar-refractivity contribution >= 4 is 0 Å². The van der Waals surface area contributed by atoms with Gasteiger partial charge in [-0.15, -0.1) is 0 Å².